The van der Waals surface area contributed by atoms with E-state index in [1.54, 1.807) is 61.7 Å². The van der Waals surface area contributed by atoms with Crippen LogP contribution in [0.5, 0.6) is 17.2 Å². The zero-order chi connectivity index (χ0) is 20.8. The van der Waals surface area contributed by atoms with Crippen LogP contribution in [0, 0.1) is 10.1 Å². The topological polar surface area (TPSA) is 85.7 Å². The summed E-state index contributed by atoms with van der Waals surface area (Å²) in [6.07, 6.45) is 0. The van der Waals surface area contributed by atoms with Gasteiger partial charge in [-0.15, -0.1) is 0 Å². The number of halogens is 1. The van der Waals surface area contributed by atoms with Gasteiger partial charge in [0.15, 0.2) is 5.11 Å². The van der Waals surface area contributed by atoms with E-state index in [4.69, 9.17) is 33.3 Å². The largest absolute Gasteiger partial charge is 0.497 e. The summed E-state index contributed by atoms with van der Waals surface area (Å²) in [5.74, 6) is 1.51. The fourth-order valence-corrected chi connectivity index (χ4v) is 2.79. The molecule has 148 valence electrons. The summed E-state index contributed by atoms with van der Waals surface area (Å²) < 4.78 is 10.8. The number of thiocarbonyl (C=S) groups is 1. The first kappa shape index (κ1) is 20.4. The van der Waals surface area contributed by atoms with Gasteiger partial charge in [0.1, 0.15) is 17.2 Å². The smallest absolute Gasteiger partial charge is 0.275 e. The van der Waals surface area contributed by atoms with E-state index in [0.29, 0.717) is 16.5 Å². The highest BCUT2D eigenvalue weighted by molar-refractivity contribution is 7.80. The molecule has 2 N–H and O–H groups in total. The molecule has 3 aromatic rings. The molecule has 0 spiro atoms. The molecule has 0 aliphatic rings. The van der Waals surface area contributed by atoms with Crippen molar-refractivity contribution < 1.29 is 14.4 Å². The predicted molar refractivity (Wildman–Crippen MR) is 117 cm³/mol. The Morgan fingerprint density at radius 1 is 0.931 bits per heavy atom. The number of benzene rings is 3. The Morgan fingerprint density at radius 3 is 2.17 bits per heavy atom. The number of ether oxygens (including phenoxy) is 2. The van der Waals surface area contributed by atoms with E-state index in [1.165, 1.54) is 12.1 Å². The molecule has 0 fully saturated rings. The molecular formula is C20H16ClN3O4S. The van der Waals surface area contributed by atoms with Crippen LogP contribution >= 0.6 is 23.8 Å². The SMILES string of the molecule is COc1ccc(NC(=S)Nc2cc(Oc3ccc(Cl)cc3)cc([N+](=O)[O-])c2)cc1. The van der Waals surface area contributed by atoms with E-state index < -0.39 is 4.92 Å². The Labute approximate surface area is 177 Å². The highest BCUT2D eigenvalue weighted by atomic mass is 35.5. The van der Waals surface area contributed by atoms with E-state index in [0.717, 1.165) is 11.4 Å². The molecular weight excluding hydrogens is 414 g/mol. The van der Waals surface area contributed by atoms with Crippen molar-refractivity contribution in [2.24, 2.45) is 0 Å². The maximum Gasteiger partial charge on any atom is 0.275 e. The summed E-state index contributed by atoms with van der Waals surface area (Å²) >= 11 is 11.2. The van der Waals surface area contributed by atoms with Crippen LogP contribution in [0.15, 0.2) is 66.7 Å². The number of nitro benzene ring substituents is 1. The second kappa shape index (κ2) is 9.22. The van der Waals surface area contributed by atoms with Gasteiger partial charge >= 0.3 is 0 Å². The average Bonchev–Trinajstić information content (AvgIpc) is 2.70. The molecule has 0 aliphatic heterocycles. The Morgan fingerprint density at radius 2 is 1.55 bits per heavy atom. The van der Waals surface area contributed by atoms with Crippen LogP contribution in [0.4, 0.5) is 17.1 Å². The summed E-state index contributed by atoms with van der Waals surface area (Å²) in [5, 5.41) is 18.1. The number of nitrogens with zero attached hydrogens (tertiary/aromatic N) is 1. The van der Waals surface area contributed by atoms with E-state index >= 15 is 0 Å². The molecule has 29 heavy (non-hydrogen) atoms. The number of anilines is 2. The van der Waals surface area contributed by atoms with Gasteiger partial charge < -0.3 is 20.1 Å². The minimum absolute atomic E-state index is 0.133. The lowest BCUT2D eigenvalue weighted by Gasteiger charge is -2.12. The van der Waals surface area contributed by atoms with Gasteiger partial charge in [0.05, 0.1) is 23.8 Å². The van der Waals surface area contributed by atoms with Crippen molar-refractivity contribution in [1.82, 2.24) is 0 Å². The Hall–Kier alpha value is -3.36. The summed E-state index contributed by atoms with van der Waals surface area (Å²) in [6, 6.07) is 18.2. The van der Waals surface area contributed by atoms with E-state index in [1.807, 2.05) is 0 Å². The van der Waals surface area contributed by atoms with Gasteiger partial charge in [0.25, 0.3) is 5.69 Å². The van der Waals surface area contributed by atoms with Crippen LogP contribution in [0.1, 0.15) is 0 Å². The molecule has 0 amide bonds. The quantitative estimate of drug-likeness (QED) is 0.288. The second-order valence-electron chi connectivity index (χ2n) is 5.84. The summed E-state index contributed by atoms with van der Waals surface area (Å²) in [7, 11) is 1.58. The van der Waals surface area contributed by atoms with Gasteiger partial charge in [-0.3, -0.25) is 10.1 Å². The third-order valence-electron chi connectivity index (χ3n) is 3.76. The predicted octanol–water partition coefficient (Wildman–Crippen LogP) is 5.86. The van der Waals surface area contributed by atoms with Crippen LogP contribution in [0.2, 0.25) is 5.02 Å². The number of methoxy groups -OCH3 is 1. The molecule has 0 radical (unpaired) electrons. The van der Waals surface area contributed by atoms with Gasteiger partial charge in [-0.05, 0) is 60.7 Å². The van der Waals surface area contributed by atoms with Crippen LogP contribution in [-0.2, 0) is 0 Å². The van der Waals surface area contributed by atoms with Gasteiger partial charge in [-0.2, -0.15) is 0 Å². The van der Waals surface area contributed by atoms with Gasteiger partial charge in [0, 0.05) is 22.8 Å². The van der Waals surface area contributed by atoms with Crippen molar-refractivity contribution >= 4 is 46.0 Å². The van der Waals surface area contributed by atoms with Crippen molar-refractivity contribution in [2.45, 2.75) is 0 Å². The summed E-state index contributed by atoms with van der Waals surface area (Å²) in [4.78, 5) is 10.8. The van der Waals surface area contributed by atoms with Crippen molar-refractivity contribution in [3.63, 3.8) is 0 Å². The van der Waals surface area contributed by atoms with E-state index in [2.05, 4.69) is 10.6 Å². The molecule has 3 rings (SSSR count). The first-order valence-corrected chi connectivity index (χ1v) is 9.16. The maximum absolute atomic E-state index is 11.3. The van der Waals surface area contributed by atoms with Gasteiger partial charge in [0.2, 0.25) is 0 Å². The number of hydrogen-bond acceptors (Lipinski definition) is 5. The molecule has 0 aliphatic carbocycles. The first-order chi connectivity index (χ1) is 13.9. The summed E-state index contributed by atoms with van der Waals surface area (Å²) in [6.45, 7) is 0. The highest BCUT2D eigenvalue weighted by Crippen LogP contribution is 2.30. The lowest BCUT2D eigenvalue weighted by molar-refractivity contribution is -0.384. The Balaban J connectivity index is 1.76. The lowest BCUT2D eigenvalue weighted by atomic mass is 10.2. The molecule has 0 heterocycles. The van der Waals surface area contributed by atoms with Gasteiger partial charge in [-0.1, -0.05) is 11.6 Å². The molecule has 0 aromatic heterocycles. The lowest BCUT2D eigenvalue weighted by Crippen LogP contribution is -2.19. The molecule has 0 saturated carbocycles. The van der Waals surface area contributed by atoms with Crippen molar-refractivity contribution in [3.05, 3.63) is 81.9 Å². The van der Waals surface area contributed by atoms with Crippen LogP contribution < -0.4 is 20.1 Å². The minimum Gasteiger partial charge on any atom is -0.497 e. The zero-order valence-corrected chi connectivity index (χ0v) is 16.8. The third-order valence-corrected chi connectivity index (χ3v) is 4.21. The van der Waals surface area contributed by atoms with Crippen molar-refractivity contribution in [2.75, 3.05) is 17.7 Å². The molecule has 9 heteroatoms. The molecule has 0 saturated heterocycles. The van der Waals surface area contributed by atoms with Crippen LogP contribution in [-0.4, -0.2) is 17.1 Å². The molecule has 0 atom stereocenters. The van der Waals surface area contributed by atoms with Crippen molar-refractivity contribution in [3.8, 4) is 17.2 Å². The highest BCUT2D eigenvalue weighted by Gasteiger charge is 2.12. The summed E-state index contributed by atoms with van der Waals surface area (Å²) in [5.41, 5.74) is 1.02. The number of nitrogens with one attached hydrogen (secondary N) is 2. The monoisotopic (exact) mass is 429 g/mol. The van der Waals surface area contributed by atoms with Gasteiger partial charge in [-0.25, -0.2) is 0 Å². The first-order valence-electron chi connectivity index (χ1n) is 8.38. The fourth-order valence-electron chi connectivity index (χ4n) is 2.43. The van der Waals surface area contributed by atoms with Crippen LogP contribution in [0.3, 0.4) is 0 Å². The number of nitro groups is 1. The fraction of sp³-hybridized carbons (Fsp3) is 0.0500. The number of rotatable bonds is 6. The van der Waals surface area contributed by atoms with E-state index in [-0.39, 0.29) is 16.5 Å². The minimum atomic E-state index is -0.500. The van der Waals surface area contributed by atoms with E-state index in [9.17, 15) is 10.1 Å². The maximum atomic E-state index is 11.3. The van der Waals surface area contributed by atoms with Crippen molar-refractivity contribution in [1.29, 1.82) is 0 Å². The Bertz CT molecular complexity index is 1030. The standard InChI is InChI=1S/C20H16ClN3O4S/c1-27-17-8-4-14(5-9-17)22-20(29)23-15-10-16(24(25)26)12-19(11-15)28-18-6-2-13(21)3-7-18/h2-12H,1H3,(H2,22,23,29). The second-order valence-corrected chi connectivity index (χ2v) is 6.68. The number of hydrogen-bond donors (Lipinski definition) is 2. The molecule has 7 nitrogen and oxygen atoms in total. The zero-order valence-electron chi connectivity index (χ0n) is 15.2. The normalized spacial score (nSPS) is 10.1. The molecule has 3 aromatic carbocycles. The third kappa shape index (κ3) is 5.81. The van der Waals surface area contributed by atoms with Crippen LogP contribution in [0.25, 0.3) is 0 Å². The molecule has 0 bridgehead atoms. The molecule has 0 unspecified atom stereocenters. The average molecular weight is 430 g/mol. The number of non-ortho nitro benzene ring substituents is 1. The Kier molecular flexibility index (Phi) is 6.48.